The van der Waals surface area contributed by atoms with E-state index in [1.165, 1.54) is 0 Å². The predicted molar refractivity (Wildman–Crippen MR) is 92.7 cm³/mol. The van der Waals surface area contributed by atoms with Gasteiger partial charge in [0.1, 0.15) is 13.2 Å². The Morgan fingerprint density at radius 1 is 1.17 bits per heavy atom. The minimum atomic E-state index is -0.173. The molecule has 1 aliphatic heterocycles. The van der Waals surface area contributed by atoms with Crippen molar-refractivity contribution in [3.63, 3.8) is 0 Å². The lowest BCUT2D eigenvalue weighted by Crippen LogP contribution is -2.17. The van der Waals surface area contributed by atoms with Crippen LogP contribution in [-0.2, 0) is 0 Å². The highest BCUT2D eigenvalue weighted by Gasteiger charge is 2.15. The number of ether oxygens (including phenoxy) is 2. The smallest absolute Gasteiger partial charge is 0.255 e. The number of amides is 1. The van der Waals surface area contributed by atoms with Gasteiger partial charge in [0.15, 0.2) is 11.5 Å². The number of thioether (sulfide) groups is 1. The molecule has 0 saturated carbocycles. The van der Waals surface area contributed by atoms with Gasteiger partial charge in [-0.3, -0.25) is 4.79 Å². The average molecular weight is 327 g/mol. The van der Waals surface area contributed by atoms with E-state index in [4.69, 9.17) is 9.47 Å². The molecule has 0 saturated heterocycles. The summed E-state index contributed by atoms with van der Waals surface area (Å²) in [5, 5.41) is 2.95. The molecule has 1 amide bonds. The zero-order valence-corrected chi connectivity index (χ0v) is 13.4. The number of para-hydroxylation sites is 1. The van der Waals surface area contributed by atoms with E-state index < -0.39 is 0 Å². The Hall–Kier alpha value is -2.40. The Morgan fingerprint density at radius 2 is 1.96 bits per heavy atom. The fourth-order valence-corrected chi connectivity index (χ4v) is 2.97. The van der Waals surface area contributed by atoms with Gasteiger partial charge in [-0.15, -0.1) is 18.3 Å². The van der Waals surface area contributed by atoms with E-state index in [-0.39, 0.29) is 5.91 Å². The van der Waals surface area contributed by atoms with Crippen LogP contribution in [0.3, 0.4) is 0 Å². The zero-order chi connectivity index (χ0) is 16.1. The second-order valence-electron chi connectivity index (χ2n) is 4.91. The molecule has 3 rings (SSSR count). The van der Waals surface area contributed by atoms with E-state index in [9.17, 15) is 4.79 Å². The molecule has 2 aromatic carbocycles. The Labute approximate surface area is 139 Å². The maximum Gasteiger partial charge on any atom is 0.255 e. The zero-order valence-electron chi connectivity index (χ0n) is 12.6. The fourth-order valence-electron chi connectivity index (χ4n) is 2.22. The van der Waals surface area contributed by atoms with Gasteiger partial charge in [0, 0.05) is 16.2 Å². The number of fused-ring (bicyclic) bond motifs is 1. The van der Waals surface area contributed by atoms with Crippen LogP contribution in [0.5, 0.6) is 11.5 Å². The van der Waals surface area contributed by atoms with Crippen LogP contribution in [0, 0.1) is 0 Å². The number of rotatable bonds is 5. The van der Waals surface area contributed by atoms with E-state index in [1.54, 1.807) is 30.0 Å². The summed E-state index contributed by atoms with van der Waals surface area (Å²) in [6, 6.07) is 12.9. The van der Waals surface area contributed by atoms with Gasteiger partial charge in [0.25, 0.3) is 5.91 Å². The van der Waals surface area contributed by atoms with Gasteiger partial charge in [-0.05, 0) is 30.3 Å². The first-order chi connectivity index (χ1) is 11.3. The lowest BCUT2D eigenvalue weighted by Gasteiger charge is -2.18. The topological polar surface area (TPSA) is 47.6 Å². The molecule has 0 bridgehead atoms. The van der Waals surface area contributed by atoms with Crippen molar-refractivity contribution in [2.75, 3.05) is 24.3 Å². The van der Waals surface area contributed by atoms with Crippen molar-refractivity contribution in [2.45, 2.75) is 4.90 Å². The lowest BCUT2D eigenvalue weighted by atomic mass is 10.1. The molecule has 0 atom stereocenters. The van der Waals surface area contributed by atoms with Crippen molar-refractivity contribution in [1.29, 1.82) is 0 Å². The van der Waals surface area contributed by atoms with Crippen LogP contribution in [0.2, 0.25) is 0 Å². The van der Waals surface area contributed by atoms with Crippen molar-refractivity contribution < 1.29 is 14.3 Å². The van der Waals surface area contributed by atoms with E-state index >= 15 is 0 Å². The SMILES string of the molecule is C=CCSc1ccccc1NC(=O)c1ccc2c(c1)OCCO2. The molecule has 118 valence electrons. The maximum absolute atomic E-state index is 12.5. The minimum absolute atomic E-state index is 0.173. The highest BCUT2D eigenvalue weighted by Crippen LogP contribution is 2.32. The van der Waals surface area contributed by atoms with Gasteiger partial charge >= 0.3 is 0 Å². The van der Waals surface area contributed by atoms with Gasteiger partial charge in [-0.1, -0.05) is 18.2 Å². The molecule has 1 heterocycles. The van der Waals surface area contributed by atoms with Crippen molar-refractivity contribution in [1.82, 2.24) is 0 Å². The third-order valence-corrected chi connectivity index (χ3v) is 4.37. The molecule has 0 radical (unpaired) electrons. The molecule has 1 N–H and O–H groups in total. The lowest BCUT2D eigenvalue weighted by molar-refractivity contribution is 0.102. The second kappa shape index (κ2) is 7.24. The van der Waals surface area contributed by atoms with Gasteiger partial charge in [0.2, 0.25) is 0 Å². The van der Waals surface area contributed by atoms with Crippen molar-refractivity contribution in [3.8, 4) is 11.5 Å². The summed E-state index contributed by atoms with van der Waals surface area (Å²) < 4.78 is 11.0. The molecule has 0 aliphatic carbocycles. The third kappa shape index (κ3) is 3.68. The molecule has 5 heteroatoms. The first kappa shape index (κ1) is 15.5. The molecule has 23 heavy (non-hydrogen) atoms. The quantitative estimate of drug-likeness (QED) is 0.666. The average Bonchev–Trinajstić information content (AvgIpc) is 2.60. The maximum atomic E-state index is 12.5. The molecule has 0 spiro atoms. The van der Waals surface area contributed by atoms with Crippen LogP contribution in [0.15, 0.2) is 60.0 Å². The van der Waals surface area contributed by atoms with E-state index in [0.717, 1.165) is 16.3 Å². The summed E-state index contributed by atoms with van der Waals surface area (Å²) >= 11 is 1.63. The molecular weight excluding hydrogens is 310 g/mol. The molecule has 0 aromatic heterocycles. The fraction of sp³-hybridized carbons (Fsp3) is 0.167. The van der Waals surface area contributed by atoms with Gasteiger partial charge in [-0.2, -0.15) is 0 Å². The normalized spacial score (nSPS) is 12.5. The summed E-state index contributed by atoms with van der Waals surface area (Å²) in [5.41, 5.74) is 1.33. The summed E-state index contributed by atoms with van der Waals surface area (Å²) in [5.74, 6) is 1.90. The first-order valence-corrected chi connectivity index (χ1v) is 8.30. The van der Waals surface area contributed by atoms with Crippen molar-refractivity contribution in [2.24, 2.45) is 0 Å². The molecule has 0 unspecified atom stereocenters. The Morgan fingerprint density at radius 3 is 2.78 bits per heavy atom. The van der Waals surface area contributed by atoms with Crippen LogP contribution < -0.4 is 14.8 Å². The molecule has 4 nitrogen and oxygen atoms in total. The Kier molecular flexibility index (Phi) is 4.88. The first-order valence-electron chi connectivity index (χ1n) is 7.31. The number of hydrogen-bond acceptors (Lipinski definition) is 4. The number of carbonyl (C=O) groups is 1. The number of hydrogen-bond donors (Lipinski definition) is 1. The van der Waals surface area contributed by atoms with Crippen LogP contribution in [-0.4, -0.2) is 24.9 Å². The number of nitrogens with one attached hydrogen (secondary N) is 1. The highest BCUT2D eigenvalue weighted by molar-refractivity contribution is 7.99. The van der Waals surface area contributed by atoms with Crippen LogP contribution in [0.1, 0.15) is 10.4 Å². The Bertz CT molecular complexity index is 730. The summed E-state index contributed by atoms with van der Waals surface area (Å²) in [6.45, 7) is 4.75. The van der Waals surface area contributed by atoms with Gasteiger partial charge < -0.3 is 14.8 Å². The van der Waals surface area contributed by atoms with E-state index in [1.807, 2.05) is 30.3 Å². The van der Waals surface area contributed by atoms with Crippen LogP contribution in [0.25, 0.3) is 0 Å². The summed E-state index contributed by atoms with van der Waals surface area (Å²) in [7, 11) is 0. The monoisotopic (exact) mass is 327 g/mol. The number of benzene rings is 2. The van der Waals surface area contributed by atoms with E-state index in [2.05, 4.69) is 11.9 Å². The highest BCUT2D eigenvalue weighted by atomic mass is 32.2. The summed E-state index contributed by atoms with van der Waals surface area (Å²) in [6.07, 6.45) is 1.84. The van der Waals surface area contributed by atoms with Crippen LogP contribution >= 0.6 is 11.8 Å². The van der Waals surface area contributed by atoms with Crippen LogP contribution in [0.4, 0.5) is 5.69 Å². The van der Waals surface area contributed by atoms with Gasteiger partial charge in [-0.25, -0.2) is 0 Å². The van der Waals surface area contributed by atoms with Crippen molar-refractivity contribution >= 4 is 23.4 Å². The standard InChI is InChI=1S/C18H17NO3S/c1-2-11-23-17-6-4-3-5-14(17)19-18(20)13-7-8-15-16(12-13)22-10-9-21-15/h2-8,12H,1,9-11H2,(H,19,20). The van der Waals surface area contributed by atoms with Crippen molar-refractivity contribution in [3.05, 3.63) is 60.7 Å². The minimum Gasteiger partial charge on any atom is -0.486 e. The largest absolute Gasteiger partial charge is 0.486 e. The number of anilines is 1. The van der Waals surface area contributed by atoms with Gasteiger partial charge in [0.05, 0.1) is 5.69 Å². The predicted octanol–water partition coefficient (Wildman–Crippen LogP) is 3.99. The van der Waals surface area contributed by atoms with E-state index in [0.29, 0.717) is 30.3 Å². The molecule has 0 fully saturated rings. The molecule has 1 aliphatic rings. The molecule has 2 aromatic rings. The third-order valence-electron chi connectivity index (χ3n) is 3.30. The summed E-state index contributed by atoms with van der Waals surface area (Å²) in [4.78, 5) is 13.5. The second-order valence-corrected chi connectivity index (χ2v) is 5.97. The Balaban J connectivity index is 1.78. The number of carbonyl (C=O) groups excluding carboxylic acids is 1. The molecular formula is C18H17NO3S.